The fraction of sp³-hybridized carbons (Fsp3) is 0.533. The maximum absolute atomic E-state index is 11.7. The zero-order chi connectivity index (χ0) is 15.8. The van der Waals surface area contributed by atoms with Gasteiger partial charge in [0.25, 0.3) is 0 Å². The number of nitrogens with one attached hydrogen (secondary N) is 2. The van der Waals surface area contributed by atoms with Crippen molar-refractivity contribution in [2.45, 2.75) is 19.3 Å². The molecule has 0 aliphatic carbocycles. The van der Waals surface area contributed by atoms with E-state index >= 15 is 0 Å². The first-order valence-corrected chi connectivity index (χ1v) is 7.50. The maximum atomic E-state index is 11.7. The summed E-state index contributed by atoms with van der Waals surface area (Å²) in [5.41, 5.74) is -0.0864. The lowest BCUT2D eigenvalue weighted by Crippen LogP contribution is -2.27. The van der Waals surface area contributed by atoms with Crippen LogP contribution in [0.25, 0.3) is 0 Å². The van der Waals surface area contributed by atoms with Crippen molar-refractivity contribution < 1.29 is 14.5 Å². The molecule has 1 heterocycles. The Hall–Kier alpha value is -2.15. The first kappa shape index (κ1) is 16.2. The third-order valence-corrected chi connectivity index (χ3v) is 3.69. The van der Waals surface area contributed by atoms with Crippen molar-refractivity contribution >= 4 is 11.6 Å². The molecule has 0 radical (unpaired) electrons. The predicted octanol–water partition coefficient (Wildman–Crippen LogP) is 1.48. The number of carbonyl (C=O) groups is 1. The molecule has 2 N–H and O–H groups in total. The van der Waals surface area contributed by atoms with Gasteiger partial charge in [0.1, 0.15) is 0 Å². The van der Waals surface area contributed by atoms with E-state index in [2.05, 4.69) is 10.6 Å². The fourth-order valence-corrected chi connectivity index (χ4v) is 2.45. The quantitative estimate of drug-likeness (QED) is 0.560. The van der Waals surface area contributed by atoms with Crippen LogP contribution in [0.2, 0.25) is 0 Å². The molecule has 1 amide bonds. The van der Waals surface area contributed by atoms with Crippen molar-refractivity contribution in [2.75, 3.05) is 26.2 Å². The van der Waals surface area contributed by atoms with Crippen LogP contribution in [0.15, 0.2) is 24.3 Å². The minimum Gasteiger partial charge on any atom is -0.486 e. The largest absolute Gasteiger partial charge is 0.486 e. The standard InChI is InChI=1S/C15H21N3O4/c19-15(17-9-6-12-5-8-16-11-12)7-10-22-14-4-2-1-3-13(14)18(20)21/h1-4,12,16H,5-11H2,(H,17,19). The zero-order valence-electron chi connectivity index (χ0n) is 12.4. The number of benzene rings is 1. The van der Waals surface area contributed by atoms with Gasteiger partial charge in [-0.05, 0) is 37.9 Å². The first-order valence-electron chi connectivity index (χ1n) is 7.50. The van der Waals surface area contributed by atoms with Crippen molar-refractivity contribution in [3.05, 3.63) is 34.4 Å². The number of nitrogens with zero attached hydrogens (tertiary/aromatic N) is 1. The second-order valence-corrected chi connectivity index (χ2v) is 5.32. The van der Waals surface area contributed by atoms with E-state index in [0.717, 1.165) is 25.9 Å². The van der Waals surface area contributed by atoms with E-state index in [1.807, 2.05) is 0 Å². The Morgan fingerprint density at radius 3 is 3.00 bits per heavy atom. The number of nitro benzene ring substituents is 1. The SMILES string of the molecule is O=C(CCOc1ccccc1[N+](=O)[O-])NCCC1CCNC1. The Morgan fingerprint density at radius 2 is 2.27 bits per heavy atom. The molecule has 1 aliphatic heterocycles. The predicted molar refractivity (Wildman–Crippen MR) is 81.8 cm³/mol. The molecule has 0 spiro atoms. The molecule has 7 nitrogen and oxygen atoms in total. The summed E-state index contributed by atoms with van der Waals surface area (Å²) >= 11 is 0. The second-order valence-electron chi connectivity index (χ2n) is 5.32. The van der Waals surface area contributed by atoms with Crippen LogP contribution in [0.1, 0.15) is 19.3 Å². The van der Waals surface area contributed by atoms with Crippen molar-refractivity contribution in [3.8, 4) is 5.75 Å². The lowest BCUT2D eigenvalue weighted by molar-refractivity contribution is -0.385. The molecular weight excluding hydrogens is 286 g/mol. The highest BCUT2D eigenvalue weighted by Gasteiger charge is 2.15. The Bertz CT molecular complexity index is 515. The molecule has 1 saturated heterocycles. The maximum Gasteiger partial charge on any atom is 0.310 e. The van der Waals surface area contributed by atoms with Crippen LogP contribution in [-0.4, -0.2) is 37.1 Å². The van der Waals surface area contributed by atoms with E-state index in [4.69, 9.17) is 4.74 Å². The van der Waals surface area contributed by atoms with Gasteiger partial charge < -0.3 is 15.4 Å². The van der Waals surface area contributed by atoms with E-state index in [9.17, 15) is 14.9 Å². The molecule has 1 unspecified atom stereocenters. The highest BCUT2D eigenvalue weighted by molar-refractivity contribution is 5.75. The highest BCUT2D eigenvalue weighted by Crippen LogP contribution is 2.25. The molecule has 120 valence electrons. The first-order chi connectivity index (χ1) is 10.7. The molecule has 1 atom stereocenters. The van der Waals surface area contributed by atoms with Gasteiger partial charge in [0.15, 0.2) is 5.75 Å². The third-order valence-electron chi connectivity index (χ3n) is 3.69. The van der Waals surface area contributed by atoms with Crippen LogP contribution >= 0.6 is 0 Å². The number of rotatable bonds is 8. The number of para-hydroxylation sites is 2. The van der Waals surface area contributed by atoms with Crippen molar-refractivity contribution in [2.24, 2.45) is 5.92 Å². The Labute approximate surface area is 129 Å². The Kier molecular flexibility index (Phi) is 6.14. The number of carbonyl (C=O) groups excluding carboxylic acids is 1. The van der Waals surface area contributed by atoms with E-state index in [1.54, 1.807) is 12.1 Å². The van der Waals surface area contributed by atoms with Crippen LogP contribution < -0.4 is 15.4 Å². The van der Waals surface area contributed by atoms with Crippen LogP contribution in [0, 0.1) is 16.0 Å². The molecule has 0 saturated carbocycles. The molecule has 1 aromatic carbocycles. The summed E-state index contributed by atoms with van der Waals surface area (Å²) in [6, 6.07) is 6.15. The lowest BCUT2D eigenvalue weighted by Gasteiger charge is -2.10. The summed E-state index contributed by atoms with van der Waals surface area (Å²) < 4.78 is 5.34. The van der Waals surface area contributed by atoms with Crippen LogP contribution in [0.4, 0.5) is 5.69 Å². The molecule has 22 heavy (non-hydrogen) atoms. The minimum absolute atomic E-state index is 0.0864. The van der Waals surface area contributed by atoms with Crippen LogP contribution in [0.5, 0.6) is 5.75 Å². The topological polar surface area (TPSA) is 93.5 Å². The van der Waals surface area contributed by atoms with Gasteiger partial charge in [-0.25, -0.2) is 0 Å². The van der Waals surface area contributed by atoms with Crippen molar-refractivity contribution in [1.29, 1.82) is 0 Å². The van der Waals surface area contributed by atoms with Gasteiger partial charge in [-0.1, -0.05) is 12.1 Å². The average molecular weight is 307 g/mol. The molecule has 0 aromatic heterocycles. The average Bonchev–Trinajstić information content (AvgIpc) is 3.01. The van der Waals surface area contributed by atoms with Gasteiger partial charge in [0.05, 0.1) is 18.0 Å². The molecule has 7 heteroatoms. The second kappa shape index (κ2) is 8.33. The van der Waals surface area contributed by atoms with Gasteiger partial charge in [0, 0.05) is 12.6 Å². The summed E-state index contributed by atoms with van der Waals surface area (Å²) in [6.07, 6.45) is 2.33. The zero-order valence-corrected chi connectivity index (χ0v) is 12.4. The Morgan fingerprint density at radius 1 is 1.45 bits per heavy atom. The lowest BCUT2D eigenvalue weighted by atomic mass is 10.1. The van der Waals surface area contributed by atoms with E-state index in [0.29, 0.717) is 12.5 Å². The van der Waals surface area contributed by atoms with E-state index in [1.165, 1.54) is 12.1 Å². The summed E-state index contributed by atoms with van der Waals surface area (Å²) in [4.78, 5) is 22.0. The van der Waals surface area contributed by atoms with E-state index < -0.39 is 4.92 Å². The van der Waals surface area contributed by atoms with Gasteiger partial charge >= 0.3 is 5.69 Å². The fourth-order valence-electron chi connectivity index (χ4n) is 2.45. The van der Waals surface area contributed by atoms with Gasteiger partial charge in [-0.3, -0.25) is 14.9 Å². The molecule has 2 rings (SSSR count). The van der Waals surface area contributed by atoms with Crippen molar-refractivity contribution in [3.63, 3.8) is 0 Å². The summed E-state index contributed by atoms with van der Waals surface area (Å²) in [5.74, 6) is 0.741. The molecule has 1 aromatic rings. The van der Waals surface area contributed by atoms with Gasteiger partial charge in [-0.15, -0.1) is 0 Å². The number of amides is 1. The smallest absolute Gasteiger partial charge is 0.310 e. The molecule has 0 bridgehead atoms. The Balaban J connectivity index is 1.65. The minimum atomic E-state index is -0.495. The molecule has 1 fully saturated rings. The third kappa shape index (κ3) is 5.00. The normalized spacial score (nSPS) is 17.2. The molecule has 1 aliphatic rings. The van der Waals surface area contributed by atoms with Crippen molar-refractivity contribution in [1.82, 2.24) is 10.6 Å². The van der Waals surface area contributed by atoms with Crippen LogP contribution in [-0.2, 0) is 4.79 Å². The van der Waals surface area contributed by atoms with Gasteiger partial charge in [0.2, 0.25) is 5.91 Å². The number of nitro groups is 1. The highest BCUT2D eigenvalue weighted by atomic mass is 16.6. The molecular formula is C15H21N3O4. The summed E-state index contributed by atoms with van der Waals surface area (Å²) in [7, 11) is 0. The number of hydrogen-bond acceptors (Lipinski definition) is 5. The summed E-state index contributed by atoms with van der Waals surface area (Å²) in [5, 5.41) is 17.0. The number of ether oxygens (including phenoxy) is 1. The van der Waals surface area contributed by atoms with Gasteiger partial charge in [-0.2, -0.15) is 0 Å². The summed E-state index contributed by atoms with van der Waals surface area (Å²) in [6.45, 7) is 2.87. The van der Waals surface area contributed by atoms with Crippen LogP contribution in [0.3, 0.4) is 0 Å². The number of hydrogen-bond donors (Lipinski definition) is 2. The van der Waals surface area contributed by atoms with E-state index in [-0.39, 0.29) is 30.4 Å². The monoisotopic (exact) mass is 307 g/mol.